The number of thiophene rings is 1. The highest BCUT2D eigenvalue weighted by Gasteiger charge is 2.31. The third-order valence-corrected chi connectivity index (χ3v) is 4.63. The van der Waals surface area contributed by atoms with Crippen molar-refractivity contribution >= 4 is 22.9 Å². The Balaban J connectivity index is 1.57. The fourth-order valence-electron chi connectivity index (χ4n) is 2.32. The minimum absolute atomic E-state index is 0.486. The monoisotopic (exact) mass is 341 g/mol. The molecule has 2 rings (SSSR count). The molecule has 0 atom stereocenters. The second-order valence-corrected chi connectivity index (χ2v) is 6.92. The van der Waals surface area contributed by atoms with Crippen molar-refractivity contribution in [2.24, 2.45) is 0 Å². The van der Waals surface area contributed by atoms with Crippen molar-refractivity contribution in [3.05, 3.63) is 21.3 Å². The number of rotatable bonds is 6. The van der Waals surface area contributed by atoms with Crippen LogP contribution >= 0.6 is 22.9 Å². The summed E-state index contributed by atoms with van der Waals surface area (Å²) in [6.45, 7) is 4.04. The molecule has 3 nitrogen and oxygen atoms in total. The molecule has 0 spiro atoms. The van der Waals surface area contributed by atoms with Gasteiger partial charge >= 0.3 is 6.18 Å². The van der Waals surface area contributed by atoms with Crippen molar-refractivity contribution in [3.63, 3.8) is 0 Å². The molecule has 0 amide bonds. The van der Waals surface area contributed by atoms with Crippen LogP contribution < -0.4 is 5.32 Å². The lowest BCUT2D eigenvalue weighted by atomic mass is 10.3. The number of piperazine rings is 1. The Hall–Kier alpha value is -0.340. The van der Waals surface area contributed by atoms with Gasteiger partial charge in [-0.2, -0.15) is 13.2 Å². The predicted molar refractivity (Wildman–Crippen MR) is 80.0 cm³/mol. The van der Waals surface area contributed by atoms with Crippen LogP contribution in [0.4, 0.5) is 13.2 Å². The van der Waals surface area contributed by atoms with E-state index in [2.05, 4.69) is 10.2 Å². The van der Waals surface area contributed by atoms with Gasteiger partial charge in [0.15, 0.2) is 0 Å². The molecular weight excluding hydrogens is 323 g/mol. The summed E-state index contributed by atoms with van der Waals surface area (Å²) in [4.78, 5) is 4.86. The van der Waals surface area contributed by atoms with Crippen LogP contribution in [-0.2, 0) is 6.54 Å². The number of hydrogen-bond acceptors (Lipinski definition) is 4. The summed E-state index contributed by atoms with van der Waals surface area (Å²) < 4.78 is 37.6. The Morgan fingerprint density at radius 2 is 1.81 bits per heavy atom. The Morgan fingerprint density at radius 1 is 1.14 bits per heavy atom. The minimum Gasteiger partial charge on any atom is -0.311 e. The molecule has 1 saturated heterocycles. The van der Waals surface area contributed by atoms with E-state index in [1.54, 1.807) is 11.3 Å². The van der Waals surface area contributed by atoms with Gasteiger partial charge < -0.3 is 5.32 Å². The van der Waals surface area contributed by atoms with Gasteiger partial charge in [-0.1, -0.05) is 11.6 Å². The van der Waals surface area contributed by atoms with Crippen LogP contribution in [0.5, 0.6) is 0 Å². The number of halogens is 4. The van der Waals surface area contributed by atoms with Gasteiger partial charge in [0.2, 0.25) is 0 Å². The molecule has 1 aromatic rings. The molecule has 120 valence electrons. The van der Waals surface area contributed by atoms with Gasteiger partial charge in [-0.3, -0.25) is 9.80 Å². The molecule has 1 N–H and O–H groups in total. The number of nitrogens with one attached hydrogen (secondary N) is 1. The largest absolute Gasteiger partial charge is 0.401 e. The lowest BCUT2D eigenvalue weighted by Crippen LogP contribution is -2.50. The highest BCUT2D eigenvalue weighted by molar-refractivity contribution is 7.16. The summed E-state index contributed by atoms with van der Waals surface area (Å²) >= 11 is 7.41. The zero-order valence-corrected chi connectivity index (χ0v) is 13.2. The third-order valence-electron chi connectivity index (χ3n) is 3.40. The second-order valence-electron chi connectivity index (χ2n) is 5.12. The van der Waals surface area contributed by atoms with Crippen LogP contribution in [0.3, 0.4) is 0 Å². The number of hydrogen-bond donors (Lipinski definition) is 1. The third kappa shape index (κ3) is 6.52. The summed E-state index contributed by atoms with van der Waals surface area (Å²) in [6, 6.07) is 3.87. The summed E-state index contributed by atoms with van der Waals surface area (Å²) in [6.07, 6.45) is -4.09. The van der Waals surface area contributed by atoms with E-state index >= 15 is 0 Å². The van der Waals surface area contributed by atoms with Gasteiger partial charge in [0.05, 0.1) is 10.9 Å². The lowest BCUT2D eigenvalue weighted by Gasteiger charge is -2.34. The first kappa shape index (κ1) is 17.0. The van der Waals surface area contributed by atoms with E-state index < -0.39 is 12.7 Å². The molecule has 0 aliphatic carbocycles. The number of alkyl halides is 3. The fraction of sp³-hybridized carbons (Fsp3) is 0.692. The normalized spacial score (nSPS) is 18.3. The zero-order valence-electron chi connectivity index (χ0n) is 11.6. The van der Waals surface area contributed by atoms with Gasteiger partial charge in [0, 0.05) is 50.7 Å². The topological polar surface area (TPSA) is 18.5 Å². The van der Waals surface area contributed by atoms with Crippen LogP contribution in [0, 0.1) is 0 Å². The average Bonchev–Trinajstić information content (AvgIpc) is 2.81. The maximum atomic E-state index is 12.3. The number of nitrogens with zero attached hydrogens (tertiary/aromatic N) is 2. The summed E-state index contributed by atoms with van der Waals surface area (Å²) in [7, 11) is 0. The van der Waals surface area contributed by atoms with Gasteiger partial charge in [-0.15, -0.1) is 11.3 Å². The van der Waals surface area contributed by atoms with E-state index in [4.69, 9.17) is 11.6 Å². The smallest absolute Gasteiger partial charge is 0.311 e. The molecule has 21 heavy (non-hydrogen) atoms. The molecule has 0 unspecified atom stereocenters. The molecule has 0 saturated carbocycles. The molecule has 8 heteroatoms. The van der Waals surface area contributed by atoms with Gasteiger partial charge in [-0.25, -0.2) is 0 Å². The molecular formula is C13H19ClF3N3S. The molecule has 0 bridgehead atoms. The first-order valence-electron chi connectivity index (χ1n) is 6.89. The molecule has 1 aromatic heterocycles. The van der Waals surface area contributed by atoms with E-state index in [0.29, 0.717) is 26.2 Å². The van der Waals surface area contributed by atoms with Gasteiger partial charge in [0.1, 0.15) is 0 Å². The highest BCUT2D eigenvalue weighted by Crippen LogP contribution is 2.21. The summed E-state index contributed by atoms with van der Waals surface area (Å²) in [5.74, 6) is 0. The summed E-state index contributed by atoms with van der Waals surface area (Å²) in [5, 5.41) is 3.33. The van der Waals surface area contributed by atoms with Crippen molar-refractivity contribution < 1.29 is 13.2 Å². The van der Waals surface area contributed by atoms with Crippen LogP contribution in [0.1, 0.15) is 4.88 Å². The minimum atomic E-state index is -4.09. The van der Waals surface area contributed by atoms with E-state index in [1.165, 1.54) is 9.78 Å². The van der Waals surface area contributed by atoms with Crippen LogP contribution in [-0.4, -0.2) is 61.8 Å². The van der Waals surface area contributed by atoms with E-state index in [0.717, 1.165) is 24.0 Å². The van der Waals surface area contributed by atoms with Crippen molar-refractivity contribution in [2.75, 3.05) is 45.8 Å². The highest BCUT2D eigenvalue weighted by atomic mass is 35.5. The first-order chi connectivity index (χ1) is 9.92. The predicted octanol–water partition coefficient (Wildman–Crippen LogP) is 2.67. The quantitative estimate of drug-likeness (QED) is 0.803. The average molecular weight is 342 g/mol. The van der Waals surface area contributed by atoms with Crippen molar-refractivity contribution in [1.29, 1.82) is 0 Å². The van der Waals surface area contributed by atoms with Crippen molar-refractivity contribution in [1.82, 2.24) is 15.1 Å². The lowest BCUT2D eigenvalue weighted by molar-refractivity contribution is -0.149. The molecule has 2 heterocycles. The van der Waals surface area contributed by atoms with E-state index in [9.17, 15) is 13.2 Å². The molecule has 1 aliphatic rings. The van der Waals surface area contributed by atoms with Crippen LogP contribution in [0.25, 0.3) is 0 Å². The van der Waals surface area contributed by atoms with Gasteiger partial charge in [0.25, 0.3) is 0 Å². The summed E-state index contributed by atoms with van der Waals surface area (Å²) in [5.41, 5.74) is 0. The van der Waals surface area contributed by atoms with Crippen LogP contribution in [0.15, 0.2) is 12.1 Å². The van der Waals surface area contributed by atoms with E-state index in [1.807, 2.05) is 12.1 Å². The molecule has 0 aromatic carbocycles. The Bertz CT molecular complexity index is 431. The van der Waals surface area contributed by atoms with Crippen LogP contribution in [0.2, 0.25) is 4.34 Å². The maximum absolute atomic E-state index is 12.3. The van der Waals surface area contributed by atoms with Gasteiger partial charge in [-0.05, 0) is 12.1 Å². The maximum Gasteiger partial charge on any atom is 0.401 e. The zero-order chi connectivity index (χ0) is 15.3. The Labute approximate surface area is 131 Å². The fourth-order valence-corrected chi connectivity index (χ4v) is 3.38. The SMILES string of the molecule is FC(F)(F)CN1CCN(CCNCc2ccc(Cl)s2)CC1. The molecule has 1 fully saturated rings. The van der Waals surface area contributed by atoms with E-state index in [-0.39, 0.29) is 0 Å². The Morgan fingerprint density at radius 3 is 2.38 bits per heavy atom. The Kier molecular flexibility index (Phi) is 6.31. The molecule has 1 aliphatic heterocycles. The van der Waals surface area contributed by atoms with Crippen molar-refractivity contribution in [3.8, 4) is 0 Å². The second kappa shape index (κ2) is 7.78. The van der Waals surface area contributed by atoms with Crippen molar-refractivity contribution in [2.45, 2.75) is 12.7 Å². The molecule has 0 radical (unpaired) electrons. The standard InChI is InChI=1S/C13H19ClF3N3S/c14-12-2-1-11(21-12)9-18-3-4-19-5-7-20(8-6-19)10-13(15,16)17/h1-2,18H,3-10H2. The first-order valence-corrected chi connectivity index (χ1v) is 8.08.